The van der Waals surface area contributed by atoms with Gasteiger partial charge in [0, 0.05) is 37.0 Å². The zero-order valence-electron chi connectivity index (χ0n) is 11.5. The van der Waals surface area contributed by atoms with Gasteiger partial charge >= 0.3 is 0 Å². The Kier molecular flexibility index (Phi) is 4.55. The third kappa shape index (κ3) is 3.71. The first-order valence-electron chi connectivity index (χ1n) is 6.25. The largest absolute Gasteiger partial charge is 0.496 e. The molecule has 1 N–H and O–H groups in total. The Morgan fingerprint density at radius 2 is 2.25 bits per heavy atom. The van der Waals surface area contributed by atoms with Crippen LogP contribution in [0.5, 0.6) is 5.75 Å². The Balaban J connectivity index is 1.90. The maximum Gasteiger partial charge on any atom is 0.244 e. The SMILES string of the molecule is COc1ccccc1CNC(=O)/C=C/c1cnn(C)c1. The van der Waals surface area contributed by atoms with Crippen LogP contribution >= 0.6 is 0 Å². The minimum absolute atomic E-state index is 0.153. The number of benzene rings is 1. The van der Waals surface area contributed by atoms with Crippen LogP contribution in [0.3, 0.4) is 0 Å². The maximum atomic E-state index is 11.7. The van der Waals surface area contributed by atoms with Gasteiger partial charge in [0.05, 0.1) is 13.3 Å². The molecule has 2 rings (SSSR count). The lowest BCUT2D eigenvalue weighted by Gasteiger charge is -2.08. The summed E-state index contributed by atoms with van der Waals surface area (Å²) in [6.07, 6.45) is 6.75. The van der Waals surface area contributed by atoms with E-state index in [1.807, 2.05) is 37.5 Å². The van der Waals surface area contributed by atoms with Crippen molar-refractivity contribution in [2.45, 2.75) is 6.54 Å². The Hall–Kier alpha value is -2.56. The number of carbonyl (C=O) groups is 1. The molecule has 0 aliphatic carbocycles. The Labute approximate surface area is 117 Å². The van der Waals surface area contributed by atoms with Gasteiger partial charge in [-0.3, -0.25) is 9.48 Å². The van der Waals surface area contributed by atoms with Gasteiger partial charge < -0.3 is 10.1 Å². The first kappa shape index (κ1) is 13.9. The first-order chi connectivity index (χ1) is 9.69. The van der Waals surface area contributed by atoms with Gasteiger partial charge in [-0.2, -0.15) is 5.10 Å². The van der Waals surface area contributed by atoms with E-state index in [-0.39, 0.29) is 5.91 Å². The van der Waals surface area contributed by atoms with Crippen molar-refractivity contribution >= 4 is 12.0 Å². The average Bonchev–Trinajstić information content (AvgIpc) is 2.89. The second kappa shape index (κ2) is 6.56. The lowest BCUT2D eigenvalue weighted by molar-refractivity contribution is -0.116. The van der Waals surface area contributed by atoms with E-state index in [0.29, 0.717) is 6.54 Å². The van der Waals surface area contributed by atoms with Gasteiger partial charge in [-0.05, 0) is 12.1 Å². The first-order valence-corrected chi connectivity index (χ1v) is 6.25. The van der Waals surface area contributed by atoms with Crippen molar-refractivity contribution in [1.82, 2.24) is 15.1 Å². The number of para-hydroxylation sites is 1. The normalized spacial score (nSPS) is 10.7. The molecule has 5 nitrogen and oxygen atoms in total. The summed E-state index contributed by atoms with van der Waals surface area (Å²) in [7, 11) is 3.45. The summed E-state index contributed by atoms with van der Waals surface area (Å²) in [5.41, 5.74) is 1.83. The predicted octanol–water partition coefficient (Wildman–Crippen LogP) is 1.76. The quantitative estimate of drug-likeness (QED) is 0.843. The summed E-state index contributed by atoms with van der Waals surface area (Å²) in [5.74, 6) is 0.615. The van der Waals surface area contributed by atoms with Gasteiger partial charge in [-0.1, -0.05) is 18.2 Å². The molecule has 0 bridgehead atoms. The molecule has 1 aromatic carbocycles. The molecule has 0 radical (unpaired) electrons. The summed E-state index contributed by atoms with van der Waals surface area (Å²) in [4.78, 5) is 11.7. The highest BCUT2D eigenvalue weighted by molar-refractivity contribution is 5.91. The highest BCUT2D eigenvalue weighted by Crippen LogP contribution is 2.16. The summed E-state index contributed by atoms with van der Waals surface area (Å²) in [6.45, 7) is 0.431. The highest BCUT2D eigenvalue weighted by Gasteiger charge is 2.02. The minimum Gasteiger partial charge on any atom is -0.496 e. The lowest BCUT2D eigenvalue weighted by atomic mass is 10.2. The molecule has 0 atom stereocenters. The van der Waals surface area contributed by atoms with Gasteiger partial charge in [0.1, 0.15) is 5.75 Å². The molecule has 1 heterocycles. The molecule has 0 unspecified atom stereocenters. The number of rotatable bonds is 5. The molecule has 0 aliphatic heterocycles. The van der Waals surface area contributed by atoms with Crippen molar-refractivity contribution in [3.05, 3.63) is 53.9 Å². The van der Waals surface area contributed by atoms with Crippen LogP contribution in [0.4, 0.5) is 0 Å². The molecule has 2 aromatic rings. The monoisotopic (exact) mass is 271 g/mol. The maximum absolute atomic E-state index is 11.7. The molecule has 20 heavy (non-hydrogen) atoms. The number of carbonyl (C=O) groups excluding carboxylic acids is 1. The molecule has 1 amide bonds. The summed E-state index contributed by atoms with van der Waals surface area (Å²) in [6, 6.07) is 7.60. The molecule has 0 aliphatic rings. The van der Waals surface area contributed by atoms with E-state index in [4.69, 9.17) is 4.74 Å². The number of ether oxygens (including phenoxy) is 1. The third-order valence-corrected chi connectivity index (χ3v) is 2.80. The Bertz CT molecular complexity index is 617. The fraction of sp³-hybridized carbons (Fsp3) is 0.200. The Morgan fingerprint density at radius 3 is 2.95 bits per heavy atom. The minimum atomic E-state index is -0.153. The topological polar surface area (TPSA) is 56.1 Å². The van der Waals surface area contributed by atoms with Crippen molar-refractivity contribution in [2.24, 2.45) is 7.05 Å². The second-order valence-electron chi connectivity index (χ2n) is 4.31. The molecule has 1 aromatic heterocycles. The molecule has 0 spiro atoms. The number of methoxy groups -OCH3 is 1. The van der Waals surface area contributed by atoms with Crippen LogP contribution in [0.15, 0.2) is 42.7 Å². The van der Waals surface area contributed by atoms with Crippen molar-refractivity contribution in [2.75, 3.05) is 7.11 Å². The van der Waals surface area contributed by atoms with E-state index in [2.05, 4.69) is 10.4 Å². The lowest BCUT2D eigenvalue weighted by Crippen LogP contribution is -2.20. The smallest absolute Gasteiger partial charge is 0.244 e. The van der Waals surface area contributed by atoms with E-state index >= 15 is 0 Å². The van der Waals surface area contributed by atoms with E-state index in [9.17, 15) is 4.79 Å². The van der Waals surface area contributed by atoms with Crippen molar-refractivity contribution < 1.29 is 9.53 Å². The van der Waals surface area contributed by atoms with E-state index in [0.717, 1.165) is 16.9 Å². The number of nitrogens with one attached hydrogen (secondary N) is 1. The van der Waals surface area contributed by atoms with Crippen LogP contribution < -0.4 is 10.1 Å². The molecule has 0 saturated heterocycles. The highest BCUT2D eigenvalue weighted by atomic mass is 16.5. The number of hydrogen-bond acceptors (Lipinski definition) is 3. The molecule has 0 saturated carbocycles. The van der Waals surface area contributed by atoms with Crippen molar-refractivity contribution in [3.63, 3.8) is 0 Å². The second-order valence-corrected chi connectivity index (χ2v) is 4.31. The standard InChI is InChI=1S/C15H17N3O2/c1-18-11-12(9-17-18)7-8-15(19)16-10-13-5-3-4-6-14(13)20-2/h3-9,11H,10H2,1-2H3,(H,16,19)/b8-7+. The molecule has 104 valence electrons. The summed E-state index contributed by atoms with van der Waals surface area (Å²) >= 11 is 0. The van der Waals surface area contributed by atoms with E-state index in [1.165, 1.54) is 6.08 Å². The molecular weight excluding hydrogens is 254 g/mol. The number of aromatic nitrogens is 2. The summed E-state index contributed by atoms with van der Waals surface area (Å²) in [5, 5.41) is 6.85. The van der Waals surface area contributed by atoms with Crippen molar-refractivity contribution in [1.29, 1.82) is 0 Å². The van der Waals surface area contributed by atoms with Gasteiger partial charge in [-0.25, -0.2) is 0 Å². The van der Waals surface area contributed by atoms with E-state index in [1.54, 1.807) is 24.1 Å². The van der Waals surface area contributed by atoms with Crippen LogP contribution in [0, 0.1) is 0 Å². The van der Waals surface area contributed by atoms with E-state index < -0.39 is 0 Å². The van der Waals surface area contributed by atoms with Gasteiger partial charge in [-0.15, -0.1) is 0 Å². The predicted molar refractivity (Wildman–Crippen MR) is 77.1 cm³/mol. The van der Waals surface area contributed by atoms with Crippen LogP contribution in [0.1, 0.15) is 11.1 Å². The van der Waals surface area contributed by atoms with Gasteiger partial charge in [0.15, 0.2) is 0 Å². The molecular formula is C15H17N3O2. The number of amides is 1. The average molecular weight is 271 g/mol. The number of aryl methyl sites for hydroxylation is 1. The number of hydrogen-bond donors (Lipinski definition) is 1. The fourth-order valence-electron chi connectivity index (χ4n) is 1.79. The molecule has 5 heteroatoms. The van der Waals surface area contributed by atoms with Crippen LogP contribution in [0.25, 0.3) is 6.08 Å². The fourth-order valence-corrected chi connectivity index (χ4v) is 1.79. The van der Waals surface area contributed by atoms with Gasteiger partial charge in [0.25, 0.3) is 0 Å². The summed E-state index contributed by atoms with van der Waals surface area (Å²) < 4.78 is 6.92. The van der Waals surface area contributed by atoms with Crippen LogP contribution in [0.2, 0.25) is 0 Å². The Morgan fingerprint density at radius 1 is 1.45 bits per heavy atom. The van der Waals surface area contributed by atoms with Crippen LogP contribution in [-0.2, 0) is 18.4 Å². The number of nitrogens with zero attached hydrogens (tertiary/aromatic N) is 2. The molecule has 0 fully saturated rings. The third-order valence-electron chi connectivity index (χ3n) is 2.80. The zero-order valence-corrected chi connectivity index (χ0v) is 11.5. The van der Waals surface area contributed by atoms with Gasteiger partial charge in [0.2, 0.25) is 5.91 Å². The van der Waals surface area contributed by atoms with Crippen LogP contribution in [-0.4, -0.2) is 22.8 Å². The van der Waals surface area contributed by atoms with Crippen molar-refractivity contribution in [3.8, 4) is 5.75 Å². The zero-order chi connectivity index (χ0) is 14.4.